The molecule has 0 saturated carbocycles. The molecule has 0 spiro atoms. The van der Waals surface area contributed by atoms with Crippen LogP contribution in [0.5, 0.6) is 23.0 Å². The lowest BCUT2D eigenvalue weighted by Crippen LogP contribution is -2.14. The second-order valence-corrected chi connectivity index (χ2v) is 6.79. The third kappa shape index (κ3) is 7.45. The molecule has 184 valence electrons. The Kier molecular flexibility index (Phi) is 8.76. The van der Waals surface area contributed by atoms with Gasteiger partial charge in [-0.1, -0.05) is 6.58 Å². The van der Waals surface area contributed by atoms with Crippen LogP contribution in [0, 0.1) is 0 Å². The number of ether oxygens (including phenoxy) is 6. The van der Waals surface area contributed by atoms with Crippen LogP contribution in [0.1, 0.15) is 20.7 Å². The molecule has 3 aromatic carbocycles. The lowest BCUT2D eigenvalue weighted by molar-refractivity contribution is -0.146. The topological polar surface area (TPSA) is 124 Å². The molecule has 0 amide bonds. The fourth-order valence-electron chi connectivity index (χ4n) is 2.61. The van der Waals surface area contributed by atoms with Crippen LogP contribution in [0.4, 0.5) is 4.79 Å². The summed E-state index contributed by atoms with van der Waals surface area (Å²) in [6, 6.07) is 17.8. The molecule has 0 radical (unpaired) electrons. The van der Waals surface area contributed by atoms with Gasteiger partial charge in [-0.3, -0.25) is 0 Å². The monoisotopic (exact) mass is 492 g/mol. The van der Waals surface area contributed by atoms with Gasteiger partial charge in [0.25, 0.3) is 0 Å². The number of carbonyl (C=O) groups excluding carboxylic acids is 4. The molecule has 0 atom stereocenters. The van der Waals surface area contributed by atoms with Crippen LogP contribution in [-0.2, 0) is 14.3 Å². The number of hydrogen-bond acceptors (Lipinski definition) is 10. The highest BCUT2D eigenvalue weighted by Gasteiger charge is 2.13. The Morgan fingerprint density at radius 1 is 0.639 bits per heavy atom. The van der Waals surface area contributed by atoms with E-state index < -0.39 is 30.9 Å². The number of carbonyl (C=O) groups is 4. The quantitative estimate of drug-likeness (QED) is 0.140. The summed E-state index contributed by atoms with van der Waals surface area (Å²) in [6.45, 7) is 2.57. The lowest BCUT2D eigenvalue weighted by Gasteiger charge is -2.08. The average molecular weight is 492 g/mol. The second kappa shape index (κ2) is 12.4. The highest BCUT2D eigenvalue weighted by molar-refractivity contribution is 5.92. The summed E-state index contributed by atoms with van der Waals surface area (Å²) in [6.07, 6.45) is -0.175. The summed E-state index contributed by atoms with van der Waals surface area (Å²) in [5.41, 5.74) is 0.563. The Bertz CT molecular complexity index is 1230. The Balaban J connectivity index is 1.49. The van der Waals surface area contributed by atoms with Gasteiger partial charge in [-0.25, -0.2) is 19.2 Å². The molecule has 0 N–H and O–H groups in total. The van der Waals surface area contributed by atoms with Gasteiger partial charge in [-0.2, -0.15) is 0 Å². The first kappa shape index (κ1) is 25.5. The zero-order valence-corrected chi connectivity index (χ0v) is 19.0. The fourth-order valence-corrected chi connectivity index (χ4v) is 2.61. The molecular weight excluding hydrogens is 472 g/mol. The van der Waals surface area contributed by atoms with Crippen molar-refractivity contribution >= 4 is 24.1 Å². The minimum absolute atomic E-state index is 0.109. The molecule has 10 nitrogen and oxygen atoms in total. The van der Waals surface area contributed by atoms with E-state index in [4.69, 9.17) is 18.9 Å². The van der Waals surface area contributed by atoms with E-state index in [9.17, 15) is 19.2 Å². The highest BCUT2D eigenvalue weighted by atomic mass is 16.8. The van der Waals surface area contributed by atoms with Gasteiger partial charge >= 0.3 is 24.1 Å². The zero-order chi connectivity index (χ0) is 25.9. The lowest BCUT2D eigenvalue weighted by atomic mass is 10.2. The van der Waals surface area contributed by atoms with Crippen molar-refractivity contribution in [3.8, 4) is 23.0 Å². The summed E-state index contributed by atoms with van der Waals surface area (Å²) >= 11 is 0. The Morgan fingerprint density at radius 2 is 1.06 bits per heavy atom. The smallest absolute Gasteiger partial charge is 0.497 e. The molecule has 0 aromatic heterocycles. The van der Waals surface area contributed by atoms with E-state index in [0.717, 1.165) is 6.08 Å². The maximum atomic E-state index is 12.4. The molecule has 0 aliphatic carbocycles. The van der Waals surface area contributed by atoms with Gasteiger partial charge < -0.3 is 28.4 Å². The molecule has 0 aliphatic rings. The first-order chi connectivity index (χ1) is 17.4. The minimum atomic E-state index is -1.09. The molecule has 0 aliphatic heterocycles. The number of esters is 3. The van der Waals surface area contributed by atoms with Crippen LogP contribution in [0.15, 0.2) is 85.5 Å². The Morgan fingerprint density at radius 3 is 1.50 bits per heavy atom. The maximum absolute atomic E-state index is 12.4. The van der Waals surface area contributed by atoms with E-state index in [1.54, 1.807) is 24.3 Å². The van der Waals surface area contributed by atoms with E-state index in [1.165, 1.54) is 55.6 Å². The van der Waals surface area contributed by atoms with Crippen molar-refractivity contribution in [1.82, 2.24) is 0 Å². The third-order valence-electron chi connectivity index (χ3n) is 4.41. The van der Waals surface area contributed by atoms with Gasteiger partial charge in [0.2, 0.25) is 6.79 Å². The van der Waals surface area contributed by atoms with Gasteiger partial charge in [0, 0.05) is 6.08 Å². The standard InChI is InChI=1S/C26H20O10/c1-3-23(27)32-16-33-26(30)36-22-14-12-21(13-15-22)35-25(29)18-6-10-20(11-7-18)34-24(28)17-4-8-19(31-2)9-5-17/h3-15H,1,16H2,2H3. The highest BCUT2D eigenvalue weighted by Crippen LogP contribution is 2.21. The summed E-state index contributed by atoms with van der Waals surface area (Å²) < 4.78 is 29.6. The molecule has 0 fully saturated rings. The largest absolute Gasteiger partial charge is 0.516 e. The van der Waals surface area contributed by atoms with Gasteiger partial charge in [-0.15, -0.1) is 0 Å². The van der Waals surface area contributed by atoms with Crippen molar-refractivity contribution in [3.05, 3.63) is 96.6 Å². The first-order valence-corrected chi connectivity index (χ1v) is 10.3. The van der Waals surface area contributed by atoms with E-state index in [-0.39, 0.29) is 22.8 Å². The molecular formula is C26H20O10. The zero-order valence-electron chi connectivity index (χ0n) is 19.0. The van der Waals surface area contributed by atoms with Crippen molar-refractivity contribution < 1.29 is 47.6 Å². The van der Waals surface area contributed by atoms with E-state index in [2.05, 4.69) is 16.1 Å². The van der Waals surface area contributed by atoms with Crippen molar-refractivity contribution in [1.29, 1.82) is 0 Å². The Hall–Kier alpha value is -5.12. The molecule has 36 heavy (non-hydrogen) atoms. The van der Waals surface area contributed by atoms with Crippen LogP contribution in [0.25, 0.3) is 0 Å². The van der Waals surface area contributed by atoms with Crippen LogP contribution in [-0.4, -0.2) is 38.0 Å². The predicted molar refractivity (Wildman–Crippen MR) is 124 cm³/mol. The first-order valence-electron chi connectivity index (χ1n) is 10.3. The third-order valence-corrected chi connectivity index (χ3v) is 4.41. The molecule has 3 aromatic rings. The van der Waals surface area contributed by atoms with E-state index in [0.29, 0.717) is 11.3 Å². The molecule has 0 heterocycles. The summed E-state index contributed by atoms with van der Waals surface area (Å²) in [5, 5.41) is 0. The van der Waals surface area contributed by atoms with Gasteiger partial charge in [0.15, 0.2) is 0 Å². The second-order valence-electron chi connectivity index (χ2n) is 6.79. The normalized spacial score (nSPS) is 9.92. The number of hydrogen-bond donors (Lipinski definition) is 0. The van der Waals surface area contributed by atoms with Crippen molar-refractivity contribution in [3.63, 3.8) is 0 Å². The van der Waals surface area contributed by atoms with Gasteiger partial charge in [0.1, 0.15) is 23.0 Å². The molecule has 10 heteroatoms. The SMILES string of the molecule is C=CC(=O)OCOC(=O)Oc1ccc(OC(=O)c2ccc(OC(=O)c3ccc(OC)cc3)cc2)cc1. The molecule has 0 bridgehead atoms. The predicted octanol–water partition coefficient (Wildman–Crippen LogP) is 4.34. The van der Waals surface area contributed by atoms with Gasteiger partial charge in [-0.05, 0) is 72.8 Å². The minimum Gasteiger partial charge on any atom is -0.497 e. The van der Waals surface area contributed by atoms with Crippen LogP contribution in [0.2, 0.25) is 0 Å². The fraction of sp³-hybridized carbons (Fsp3) is 0.0769. The number of benzene rings is 3. The van der Waals surface area contributed by atoms with Crippen LogP contribution < -0.4 is 18.9 Å². The summed E-state index contributed by atoms with van der Waals surface area (Å²) in [7, 11) is 1.53. The summed E-state index contributed by atoms with van der Waals surface area (Å²) in [4.78, 5) is 47.1. The van der Waals surface area contributed by atoms with Crippen molar-refractivity contribution in [2.45, 2.75) is 0 Å². The van der Waals surface area contributed by atoms with Crippen molar-refractivity contribution in [2.24, 2.45) is 0 Å². The van der Waals surface area contributed by atoms with Crippen LogP contribution >= 0.6 is 0 Å². The molecule has 0 unspecified atom stereocenters. The van der Waals surface area contributed by atoms with Crippen molar-refractivity contribution in [2.75, 3.05) is 13.9 Å². The maximum Gasteiger partial charge on any atom is 0.516 e. The van der Waals surface area contributed by atoms with Gasteiger partial charge in [0.05, 0.1) is 18.2 Å². The summed E-state index contributed by atoms with van der Waals surface area (Å²) in [5.74, 6) is -0.799. The number of rotatable bonds is 9. The molecule has 3 rings (SSSR count). The average Bonchev–Trinajstić information content (AvgIpc) is 2.90. The number of methoxy groups -OCH3 is 1. The van der Waals surface area contributed by atoms with E-state index >= 15 is 0 Å². The van der Waals surface area contributed by atoms with E-state index in [1.807, 2.05) is 0 Å². The molecule has 0 saturated heterocycles. The van der Waals surface area contributed by atoms with Crippen LogP contribution in [0.3, 0.4) is 0 Å². The Labute approximate surface area is 205 Å².